The first-order chi connectivity index (χ1) is 13.4. The SMILES string of the molecule is O=C(Cc1ccc2c(c1)CCO2)N=Nc1c(O)[nH]c2cc(C(=O)O)cc(Br)c12. The smallest absolute Gasteiger partial charge is 0.335 e. The van der Waals surface area contributed by atoms with Crippen molar-refractivity contribution in [2.45, 2.75) is 12.8 Å². The quantitative estimate of drug-likeness (QED) is 0.522. The van der Waals surface area contributed by atoms with Crippen molar-refractivity contribution in [2.75, 3.05) is 6.61 Å². The minimum absolute atomic E-state index is 0.0424. The van der Waals surface area contributed by atoms with Crippen LogP contribution in [0.25, 0.3) is 10.9 Å². The zero-order valence-electron chi connectivity index (χ0n) is 14.4. The predicted octanol–water partition coefficient (Wildman–Crippen LogP) is 4.12. The van der Waals surface area contributed by atoms with E-state index in [-0.39, 0.29) is 23.6 Å². The fourth-order valence-corrected chi connectivity index (χ4v) is 3.79. The van der Waals surface area contributed by atoms with Gasteiger partial charge < -0.3 is 19.9 Å². The van der Waals surface area contributed by atoms with Gasteiger partial charge >= 0.3 is 5.97 Å². The number of hydrogen-bond donors (Lipinski definition) is 3. The largest absolute Gasteiger partial charge is 0.493 e. The number of nitrogens with one attached hydrogen (secondary N) is 1. The molecule has 2 heterocycles. The molecule has 0 atom stereocenters. The predicted molar refractivity (Wildman–Crippen MR) is 103 cm³/mol. The van der Waals surface area contributed by atoms with Crippen molar-refractivity contribution in [3.8, 4) is 11.6 Å². The second-order valence-electron chi connectivity index (χ2n) is 6.32. The third-order valence-electron chi connectivity index (χ3n) is 4.42. The number of rotatable bonds is 4. The van der Waals surface area contributed by atoms with E-state index in [0.717, 1.165) is 23.3 Å². The number of carbonyl (C=O) groups excluding carboxylic acids is 1. The van der Waals surface area contributed by atoms with Crippen LogP contribution >= 0.6 is 15.9 Å². The topological polar surface area (TPSA) is 124 Å². The Kier molecular flexibility index (Phi) is 4.60. The van der Waals surface area contributed by atoms with Crippen LogP contribution in [0.2, 0.25) is 0 Å². The Balaban J connectivity index is 1.59. The average Bonchev–Trinajstić information content (AvgIpc) is 3.23. The van der Waals surface area contributed by atoms with E-state index in [4.69, 9.17) is 9.84 Å². The van der Waals surface area contributed by atoms with E-state index in [9.17, 15) is 14.7 Å². The lowest BCUT2D eigenvalue weighted by Crippen LogP contribution is -1.98. The highest BCUT2D eigenvalue weighted by Crippen LogP contribution is 2.40. The Labute approximate surface area is 167 Å². The number of fused-ring (bicyclic) bond motifs is 2. The summed E-state index contributed by atoms with van der Waals surface area (Å²) in [5.41, 5.74) is 2.35. The minimum Gasteiger partial charge on any atom is -0.493 e. The molecular formula is C19H14BrN3O5. The number of hydrogen-bond acceptors (Lipinski definition) is 5. The van der Waals surface area contributed by atoms with Gasteiger partial charge in [0.1, 0.15) is 5.75 Å². The van der Waals surface area contributed by atoms with E-state index in [1.165, 1.54) is 12.1 Å². The Hall–Kier alpha value is -3.20. The highest BCUT2D eigenvalue weighted by molar-refractivity contribution is 9.10. The van der Waals surface area contributed by atoms with E-state index >= 15 is 0 Å². The van der Waals surface area contributed by atoms with Crippen molar-refractivity contribution < 1.29 is 24.5 Å². The van der Waals surface area contributed by atoms with Crippen molar-refractivity contribution in [3.63, 3.8) is 0 Å². The number of ether oxygens (including phenoxy) is 1. The maximum atomic E-state index is 12.2. The number of amides is 1. The average molecular weight is 444 g/mol. The van der Waals surface area contributed by atoms with E-state index in [1.807, 2.05) is 18.2 Å². The lowest BCUT2D eigenvalue weighted by Gasteiger charge is -2.01. The summed E-state index contributed by atoms with van der Waals surface area (Å²) in [7, 11) is 0. The second kappa shape index (κ2) is 7.08. The molecule has 0 saturated carbocycles. The summed E-state index contributed by atoms with van der Waals surface area (Å²) < 4.78 is 5.86. The number of nitrogens with zero attached hydrogens (tertiary/aromatic N) is 2. The maximum absolute atomic E-state index is 12.2. The lowest BCUT2D eigenvalue weighted by molar-refractivity contribution is -0.117. The third kappa shape index (κ3) is 3.36. The number of H-pyrrole nitrogens is 1. The third-order valence-corrected chi connectivity index (χ3v) is 5.05. The molecular weight excluding hydrogens is 430 g/mol. The van der Waals surface area contributed by atoms with Crippen LogP contribution in [0.5, 0.6) is 11.6 Å². The van der Waals surface area contributed by atoms with Gasteiger partial charge in [0.25, 0.3) is 5.91 Å². The van der Waals surface area contributed by atoms with Crippen LogP contribution in [0.3, 0.4) is 0 Å². The Bertz CT molecular complexity index is 1150. The molecule has 4 rings (SSSR count). The van der Waals surface area contributed by atoms with E-state index in [1.54, 1.807) is 0 Å². The fraction of sp³-hybridized carbons (Fsp3) is 0.158. The van der Waals surface area contributed by atoms with Crippen molar-refractivity contribution in [1.82, 2.24) is 4.98 Å². The molecule has 0 unspecified atom stereocenters. The zero-order valence-corrected chi connectivity index (χ0v) is 16.0. The molecule has 9 heteroatoms. The molecule has 0 aliphatic carbocycles. The molecule has 1 aliphatic heterocycles. The molecule has 0 fully saturated rings. The number of aromatic carboxylic acids is 1. The normalized spacial score (nSPS) is 13.0. The number of carboxylic acid groups (broad SMARTS) is 1. The number of aromatic hydroxyl groups is 1. The van der Waals surface area contributed by atoms with Crippen LogP contribution < -0.4 is 4.74 Å². The summed E-state index contributed by atoms with van der Waals surface area (Å²) in [5, 5.41) is 27.3. The summed E-state index contributed by atoms with van der Waals surface area (Å²) in [6, 6.07) is 8.33. The van der Waals surface area contributed by atoms with Gasteiger partial charge in [0, 0.05) is 16.3 Å². The first-order valence-corrected chi connectivity index (χ1v) is 9.18. The molecule has 1 aliphatic rings. The molecule has 1 aromatic heterocycles. The summed E-state index contributed by atoms with van der Waals surface area (Å²) >= 11 is 3.28. The number of halogens is 1. The van der Waals surface area contributed by atoms with Gasteiger partial charge in [-0.25, -0.2) is 4.79 Å². The van der Waals surface area contributed by atoms with Gasteiger partial charge in [-0.1, -0.05) is 12.1 Å². The van der Waals surface area contributed by atoms with Crippen LogP contribution in [0.1, 0.15) is 21.5 Å². The van der Waals surface area contributed by atoms with Crippen LogP contribution in [-0.4, -0.2) is 33.7 Å². The second-order valence-corrected chi connectivity index (χ2v) is 7.17. The van der Waals surface area contributed by atoms with Gasteiger partial charge in [-0.3, -0.25) is 4.79 Å². The molecule has 28 heavy (non-hydrogen) atoms. The standard InChI is InChI=1S/C19H14BrN3O5/c20-12-7-11(19(26)27)8-13-16(12)17(18(25)21-13)23-22-15(24)6-9-1-2-14-10(5-9)3-4-28-14/h1-2,5,7-8,21,25H,3-4,6H2,(H,26,27). The molecule has 0 bridgehead atoms. The number of aromatic amines is 1. The number of benzene rings is 2. The molecule has 3 N–H and O–H groups in total. The number of carboxylic acids is 1. The summed E-state index contributed by atoms with van der Waals surface area (Å²) in [5.74, 6) is -1.03. The Morgan fingerprint density at radius 2 is 2.07 bits per heavy atom. The Morgan fingerprint density at radius 1 is 1.25 bits per heavy atom. The maximum Gasteiger partial charge on any atom is 0.335 e. The molecule has 8 nitrogen and oxygen atoms in total. The Morgan fingerprint density at radius 3 is 2.86 bits per heavy atom. The first kappa shape index (κ1) is 18.2. The van der Waals surface area contributed by atoms with Crippen LogP contribution in [-0.2, 0) is 17.6 Å². The van der Waals surface area contributed by atoms with Crippen molar-refractivity contribution >= 4 is 44.4 Å². The van der Waals surface area contributed by atoms with Gasteiger partial charge in [-0.05, 0) is 45.3 Å². The molecule has 2 aromatic carbocycles. The molecule has 0 saturated heterocycles. The lowest BCUT2D eigenvalue weighted by atomic mass is 10.1. The highest BCUT2D eigenvalue weighted by atomic mass is 79.9. The highest BCUT2D eigenvalue weighted by Gasteiger charge is 2.18. The molecule has 0 radical (unpaired) electrons. The molecule has 3 aromatic rings. The van der Waals surface area contributed by atoms with E-state index < -0.39 is 11.9 Å². The molecule has 0 spiro atoms. The van der Waals surface area contributed by atoms with E-state index in [0.29, 0.717) is 22.0 Å². The fourth-order valence-electron chi connectivity index (χ4n) is 3.14. The van der Waals surface area contributed by atoms with Crippen LogP contribution in [0.4, 0.5) is 5.69 Å². The van der Waals surface area contributed by atoms with Crippen LogP contribution in [0, 0.1) is 0 Å². The summed E-state index contributed by atoms with van der Waals surface area (Å²) in [4.78, 5) is 26.0. The van der Waals surface area contributed by atoms with Crippen molar-refractivity contribution in [3.05, 3.63) is 51.5 Å². The monoisotopic (exact) mass is 443 g/mol. The number of azo groups is 1. The minimum atomic E-state index is -1.10. The van der Waals surface area contributed by atoms with Crippen molar-refractivity contribution in [2.24, 2.45) is 10.2 Å². The van der Waals surface area contributed by atoms with Gasteiger partial charge in [0.2, 0.25) is 5.88 Å². The number of aromatic nitrogens is 1. The van der Waals surface area contributed by atoms with E-state index in [2.05, 4.69) is 31.1 Å². The summed E-state index contributed by atoms with van der Waals surface area (Å²) in [6.07, 6.45) is 0.888. The molecule has 1 amide bonds. The van der Waals surface area contributed by atoms with Crippen LogP contribution in [0.15, 0.2) is 45.0 Å². The summed E-state index contributed by atoms with van der Waals surface area (Å²) in [6.45, 7) is 0.644. The van der Waals surface area contributed by atoms with Gasteiger partial charge in [-0.15, -0.1) is 10.2 Å². The first-order valence-electron chi connectivity index (χ1n) is 8.39. The van der Waals surface area contributed by atoms with Gasteiger partial charge in [0.15, 0.2) is 5.69 Å². The number of carbonyl (C=O) groups is 2. The van der Waals surface area contributed by atoms with Gasteiger partial charge in [-0.2, -0.15) is 0 Å². The zero-order chi connectivity index (χ0) is 19.8. The van der Waals surface area contributed by atoms with Gasteiger partial charge in [0.05, 0.1) is 24.1 Å². The van der Waals surface area contributed by atoms with Crippen molar-refractivity contribution in [1.29, 1.82) is 0 Å². The molecule has 142 valence electrons.